The molecule has 2 nitrogen and oxygen atoms in total. The van der Waals surface area contributed by atoms with Crippen LogP contribution in [0.4, 0.5) is 34.1 Å². The summed E-state index contributed by atoms with van der Waals surface area (Å²) in [5, 5.41) is 0. The molecule has 0 saturated carbocycles. The van der Waals surface area contributed by atoms with E-state index in [-0.39, 0.29) is 10.8 Å². The Morgan fingerprint density at radius 1 is 0.473 bits per heavy atom. The van der Waals surface area contributed by atoms with Gasteiger partial charge in [0.2, 0.25) is 0 Å². The summed E-state index contributed by atoms with van der Waals surface area (Å²) in [6.07, 6.45) is 4.35. The number of nitrogens with zero attached hydrogens (tertiary/aromatic N) is 2. The Labute approximate surface area is 326 Å². The maximum atomic E-state index is 2.57. The third kappa shape index (κ3) is 5.14. The van der Waals surface area contributed by atoms with Gasteiger partial charge in [0, 0.05) is 33.6 Å². The van der Waals surface area contributed by atoms with Gasteiger partial charge in [-0.25, -0.2) is 0 Å². The number of fused-ring (bicyclic) bond motifs is 7. The van der Waals surface area contributed by atoms with Crippen LogP contribution in [0.2, 0.25) is 0 Å². The first-order chi connectivity index (χ1) is 26.9. The van der Waals surface area contributed by atoms with Gasteiger partial charge in [-0.15, -0.1) is 0 Å². The summed E-state index contributed by atoms with van der Waals surface area (Å²) >= 11 is 0. The Bertz CT molecular complexity index is 2510. The molecule has 2 heteroatoms. The maximum absolute atomic E-state index is 2.57. The normalized spacial score (nSPS) is 17.2. The first kappa shape index (κ1) is 33.7. The summed E-state index contributed by atoms with van der Waals surface area (Å²) in [4.78, 5) is 5.06. The minimum Gasteiger partial charge on any atom is -0.310 e. The second-order valence-electron chi connectivity index (χ2n) is 16.7. The highest BCUT2D eigenvalue weighted by atomic mass is 15.2. The zero-order valence-electron chi connectivity index (χ0n) is 32.4. The molecule has 55 heavy (non-hydrogen) atoms. The van der Waals surface area contributed by atoms with Crippen LogP contribution in [0.15, 0.2) is 164 Å². The minimum atomic E-state index is -0.120. The van der Waals surface area contributed by atoms with Gasteiger partial charge in [-0.2, -0.15) is 0 Å². The molecule has 0 bridgehead atoms. The lowest BCUT2D eigenvalue weighted by Crippen LogP contribution is -2.27. The smallest absolute Gasteiger partial charge is 0.0505 e. The third-order valence-electron chi connectivity index (χ3n) is 13.0. The van der Waals surface area contributed by atoms with E-state index in [0.717, 1.165) is 25.7 Å². The Morgan fingerprint density at radius 2 is 0.964 bits per heavy atom. The molecular weight excluding hydrogens is 665 g/mol. The van der Waals surface area contributed by atoms with Gasteiger partial charge in [-0.1, -0.05) is 131 Å². The quantitative estimate of drug-likeness (QED) is 0.162. The standard InChI is InChI=1S/C53H48N2/c1-36(2)43-25-16-26-45-49(43)44-30-29-42(35-46(44)52(45,3)4)55(41-23-12-7-13-24-41)48-28-15-18-38-32-34-53(51(38)48)33-31-37-17-14-27-47(50(37)53)54(39-19-8-5-9-20-39)40-21-10-6-11-22-40/h5-30,35-36H,31-34H2,1-4H3/t53-/m1/s1. The molecule has 0 unspecified atom stereocenters. The molecule has 0 aromatic heterocycles. The Hall–Kier alpha value is -5.86. The van der Waals surface area contributed by atoms with Crippen molar-refractivity contribution in [3.05, 3.63) is 203 Å². The molecule has 0 aliphatic heterocycles. The van der Waals surface area contributed by atoms with Crippen molar-refractivity contribution in [1.29, 1.82) is 0 Å². The van der Waals surface area contributed by atoms with Gasteiger partial charge in [-0.05, 0) is 142 Å². The predicted molar refractivity (Wildman–Crippen MR) is 231 cm³/mol. The zero-order valence-corrected chi connectivity index (χ0v) is 32.4. The monoisotopic (exact) mass is 712 g/mol. The number of benzene rings is 7. The number of aryl methyl sites for hydroxylation is 2. The first-order valence-corrected chi connectivity index (χ1v) is 20.2. The van der Waals surface area contributed by atoms with Crippen LogP contribution >= 0.6 is 0 Å². The third-order valence-corrected chi connectivity index (χ3v) is 13.0. The largest absolute Gasteiger partial charge is 0.310 e. The van der Waals surface area contributed by atoms with Crippen molar-refractivity contribution in [3.8, 4) is 11.1 Å². The molecule has 7 aromatic rings. The average Bonchev–Trinajstić information content (AvgIpc) is 3.87. The van der Waals surface area contributed by atoms with E-state index in [0.29, 0.717) is 5.92 Å². The van der Waals surface area contributed by atoms with Crippen molar-refractivity contribution in [2.24, 2.45) is 0 Å². The molecule has 0 fully saturated rings. The molecule has 0 saturated heterocycles. The summed E-state index contributed by atoms with van der Waals surface area (Å²) in [5.74, 6) is 0.458. The van der Waals surface area contributed by atoms with Gasteiger partial charge in [-0.3, -0.25) is 0 Å². The molecule has 3 aliphatic carbocycles. The van der Waals surface area contributed by atoms with Crippen LogP contribution in [0.5, 0.6) is 0 Å². The number of para-hydroxylation sites is 3. The highest BCUT2D eigenvalue weighted by Gasteiger charge is 2.49. The second kappa shape index (κ2) is 12.9. The highest BCUT2D eigenvalue weighted by Crippen LogP contribution is 2.60. The van der Waals surface area contributed by atoms with E-state index in [1.807, 2.05) is 0 Å². The van der Waals surface area contributed by atoms with E-state index < -0.39 is 0 Å². The fourth-order valence-corrected chi connectivity index (χ4v) is 10.5. The van der Waals surface area contributed by atoms with Crippen LogP contribution in [0.1, 0.15) is 85.4 Å². The fourth-order valence-electron chi connectivity index (χ4n) is 10.5. The summed E-state index contributed by atoms with van der Waals surface area (Å²) in [6.45, 7) is 9.47. The average molecular weight is 713 g/mol. The van der Waals surface area contributed by atoms with Gasteiger partial charge in [0.05, 0.1) is 11.4 Å². The van der Waals surface area contributed by atoms with Gasteiger partial charge >= 0.3 is 0 Å². The predicted octanol–water partition coefficient (Wildman–Crippen LogP) is 14.2. The highest BCUT2D eigenvalue weighted by molar-refractivity contribution is 5.89. The number of hydrogen-bond acceptors (Lipinski definition) is 2. The van der Waals surface area contributed by atoms with Crippen LogP contribution in [0.3, 0.4) is 0 Å². The maximum Gasteiger partial charge on any atom is 0.0505 e. The Morgan fingerprint density at radius 3 is 1.47 bits per heavy atom. The topological polar surface area (TPSA) is 6.48 Å². The van der Waals surface area contributed by atoms with E-state index in [9.17, 15) is 0 Å². The van der Waals surface area contributed by atoms with Crippen LogP contribution in [-0.2, 0) is 23.7 Å². The molecular formula is C53H48N2. The first-order valence-electron chi connectivity index (χ1n) is 20.2. The van der Waals surface area contributed by atoms with Crippen molar-refractivity contribution >= 4 is 34.1 Å². The molecule has 1 atom stereocenters. The summed E-state index contributed by atoms with van der Waals surface area (Å²) in [5.41, 5.74) is 20.2. The number of hydrogen-bond donors (Lipinski definition) is 0. The van der Waals surface area contributed by atoms with Crippen molar-refractivity contribution in [2.45, 2.75) is 70.1 Å². The molecule has 3 aliphatic rings. The Kier molecular flexibility index (Phi) is 7.89. The lowest BCUT2D eigenvalue weighted by molar-refractivity contribution is 0.508. The number of rotatable bonds is 7. The van der Waals surface area contributed by atoms with Crippen molar-refractivity contribution < 1.29 is 0 Å². The van der Waals surface area contributed by atoms with E-state index in [1.54, 1.807) is 0 Å². The lowest BCUT2D eigenvalue weighted by atomic mass is 9.74. The van der Waals surface area contributed by atoms with Gasteiger partial charge in [0.25, 0.3) is 0 Å². The molecule has 0 amide bonds. The molecule has 0 radical (unpaired) electrons. The van der Waals surface area contributed by atoms with Gasteiger partial charge < -0.3 is 9.80 Å². The SMILES string of the molecule is CC(C)c1cccc2c1-c1ccc(N(c3ccccc3)c3cccc4c3[C@]3(CCc5cccc(N(c6ccccc6)c6ccccc6)c53)CC4)cc1C2(C)C. The van der Waals surface area contributed by atoms with Crippen molar-refractivity contribution in [1.82, 2.24) is 0 Å². The second-order valence-corrected chi connectivity index (χ2v) is 16.7. The van der Waals surface area contributed by atoms with Gasteiger partial charge in [0.1, 0.15) is 0 Å². The molecule has 0 heterocycles. The van der Waals surface area contributed by atoms with E-state index >= 15 is 0 Å². The zero-order chi connectivity index (χ0) is 37.3. The summed E-state index contributed by atoms with van der Waals surface area (Å²) < 4.78 is 0. The minimum absolute atomic E-state index is 0.106. The number of anilines is 6. The van der Waals surface area contributed by atoms with E-state index in [4.69, 9.17) is 0 Å². The fraction of sp³-hybridized carbons (Fsp3) is 0.208. The van der Waals surface area contributed by atoms with Crippen LogP contribution < -0.4 is 9.80 Å². The van der Waals surface area contributed by atoms with E-state index in [2.05, 4.69) is 201 Å². The van der Waals surface area contributed by atoms with Crippen molar-refractivity contribution in [3.63, 3.8) is 0 Å². The van der Waals surface area contributed by atoms with Crippen LogP contribution in [0.25, 0.3) is 11.1 Å². The summed E-state index contributed by atoms with van der Waals surface area (Å²) in [7, 11) is 0. The van der Waals surface area contributed by atoms with Crippen LogP contribution in [-0.4, -0.2) is 0 Å². The van der Waals surface area contributed by atoms with Gasteiger partial charge in [0.15, 0.2) is 0 Å². The molecule has 0 N–H and O–H groups in total. The molecule has 1 spiro atoms. The Balaban J connectivity index is 1.19. The van der Waals surface area contributed by atoms with E-state index in [1.165, 1.54) is 84.2 Å². The summed E-state index contributed by atoms with van der Waals surface area (Å²) in [6, 6.07) is 61.3. The molecule has 7 aromatic carbocycles. The molecule has 10 rings (SSSR count). The van der Waals surface area contributed by atoms with Crippen molar-refractivity contribution in [2.75, 3.05) is 9.80 Å². The molecule has 270 valence electrons. The lowest BCUT2D eigenvalue weighted by Gasteiger charge is -2.37. The van der Waals surface area contributed by atoms with Crippen LogP contribution in [0, 0.1) is 0 Å².